The molecule has 1 aliphatic rings. The van der Waals surface area contributed by atoms with E-state index in [1.54, 1.807) is 4.90 Å². The zero-order chi connectivity index (χ0) is 12.1. The number of urea groups is 1. The molecular formula is C12H25N3O. The van der Waals surface area contributed by atoms with Gasteiger partial charge in [0.05, 0.1) is 0 Å². The molecule has 1 atom stereocenters. The maximum absolute atomic E-state index is 11.8. The summed E-state index contributed by atoms with van der Waals surface area (Å²) in [5, 5.41) is 3.45. The monoisotopic (exact) mass is 227 g/mol. The fourth-order valence-electron chi connectivity index (χ4n) is 2.09. The summed E-state index contributed by atoms with van der Waals surface area (Å²) >= 11 is 0. The lowest BCUT2D eigenvalue weighted by Gasteiger charge is -2.34. The van der Waals surface area contributed by atoms with Crippen LogP contribution in [0.15, 0.2) is 0 Å². The van der Waals surface area contributed by atoms with Crippen molar-refractivity contribution in [3.8, 4) is 0 Å². The standard InChI is InChI=1S/C12H25N3O/c1-10(2)13-8-11-6-5-7-15(9-11)12(16)14(3)4/h10-11,13H,5-9H2,1-4H3. The summed E-state index contributed by atoms with van der Waals surface area (Å²) in [4.78, 5) is 15.4. The van der Waals surface area contributed by atoms with Crippen molar-refractivity contribution in [3.05, 3.63) is 0 Å². The van der Waals surface area contributed by atoms with E-state index < -0.39 is 0 Å². The van der Waals surface area contributed by atoms with Gasteiger partial charge in [0.2, 0.25) is 0 Å². The average molecular weight is 227 g/mol. The minimum Gasteiger partial charge on any atom is -0.331 e. The van der Waals surface area contributed by atoms with Gasteiger partial charge in [-0.1, -0.05) is 13.8 Å². The lowest BCUT2D eigenvalue weighted by atomic mass is 9.98. The molecule has 0 saturated carbocycles. The summed E-state index contributed by atoms with van der Waals surface area (Å²) in [5.41, 5.74) is 0. The molecule has 0 aliphatic carbocycles. The van der Waals surface area contributed by atoms with Crippen LogP contribution in [-0.2, 0) is 0 Å². The van der Waals surface area contributed by atoms with Crippen molar-refractivity contribution < 1.29 is 4.79 Å². The zero-order valence-corrected chi connectivity index (χ0v) is 11.0. The highest BCUT2D eigenvalue weighted by Crippen LogP contribution is 2.16. The molecule has 1 N–H and O–H groups in total. The highest BCUT2D eigenvalue weighted by Gasteiger charge is 2.24. The number of carbonyl (C=O) groups is 1. The van der Waals surface area contributed by atoms with Crippen LogP contribution < -0.4 is 5.32 Å². The summed E-state index contributed by atoms with van der Waals surface area (Å²) in [7, 11) is 3.64. The predicted molar refractivity (Wildman–Crippen MR) is 66.5 cm³/mol. The van der Waals surface area contributed by atoms with Crippen LogP contribution in [-0.4, -0.2) is 55.6 Å². The first-order valence-electron chi connectivity index (χ1n) is 6.20. The van der Waals surface area contributed by atoms with Gasteiger partial charge in [-0.3, -0.25) is 0 Å². The van der Waals surface area contributed by atoms with Crippen LogP contribution in [0.5, 0.6) is 0 Å². The first-order chi connectivity index (χ1) is 7.50. The molecule has 0 bridgehead atoms. The van der Waals surface area contributed by atoms with Crippen molar-refractivity contribution >= 4 is 6.03 Å². The Kier molecular flexibility index (Phi) is 5.06. The molecule has 16 heavy (non-hydrogen) atoms. The number of amides is 2. The lowest BCUT2D eigenvalue weighted by Crippen LogP contribution is -2.47. The van der Waals surface area contributed by atoms with Gasteiger partial charge in [-0.15, -0.1) is 0 Å². The van der Waals surface area contributed by atoms with E-state index in [0.29, 0.717) is 12.0 Å². The molecule has 94 valence electrons. The van der Waals surface area contributed by atoms with Crippen LogP contribution in [0.1, 0.15) is 26.7 Å². The van der Waals surface area contributed by atoms with Crippen LogP contribution >= 0.6 is 0 Å². The van der Waals surface area contributed by atoms with Crippen molar-refractivity contribution in [2.75, 3.05) is 33.7 Å². The summed E-state index contributed by atoms with van der Waals surface area (Å²) in [6.45, 7) is 7.15. The first-order valence-corrected chi connectivity index (χ1v) is 6.20. The Balaban J connectivity index is 2.38. The quantitative estimate of drug-likeness (QED) is 0.790. The van der Waals surface area contributed by atoms with Gasteiger partial charge in [-0.2, -0.15) is 0 Å². The number of piperidine rings is 1. The van der Waals surface area contributed by atoms with E-state index in [1.165, 1.54) is 6.42 Å². The van der Waals surface area contributed by atoms with E-state index in [2.05, 4.69) is 19.2 Å². The third kappa shape index (κ3) is 4.00. The van der Waals surface area contributed by atoms with Gasteiger partial charge in [0.15, 0.2) is 0 Å². The maximum atomic E-state index is 11.8. The average Bonchev–Trinajstić information content (AvgIpc) is 2.25. The van der Waals surface area contributed by atoms with Crippen molar-refractivity contribution in [1.82, 2.24) is 15.1 Å². The molecule has 1 fully saturated rings. The van der Waals surface area contributed by atoms with E-state index in [1.807, 2.05) is 19.0 Å². The van der Waals surface area contributed by atoms with Crippen LogP contribution in [0.4, 0.5) is 4.79 Å². The molecule has 2 amide bonds. The molecule has 0 aromatic heterocycles. The molecular weight excluding hydrogens is 202 g/mol. The first kappa shape index (κ1) is 13.3. The van der Waals surface area contributed by atoms with Crippen LogP contribution in [0, 0.1) is 5.92 Å². The Hall–Kier alpha value is -0.770. The third-order valence-electron chi connectivity index (χ3n) is 2.99. The highest BCUT2D eigenvalue weighted by molar-refractivity contribution is 5.73. The van der Waals surface area contributed by atoms with Crippen LogP contribution in [0.25, 0.3) is 0 Å². The highest BCUT2D eigenvalue weighted by atomic mass is 16.2. The number of carbonyl (C=O) groups excluding carboxylic acids is 1. The number of nitrogens with zero attached hydrogens (tertiary/aromatic N) is 2. The zero-order valence-electron chi connectivity index (χ0n) is 11.0. The van der Waals surface area contributed by atoms with Crippen LogP contribution in [0.3, 0.4) is 0 Å². The van der Waals surface area contributed by atoms with E-state index in [-0.39, 0.29) is 6.03 Å². The second kappa shape index (κ2) is 6.09. The molecule has 0 aromatic rings. The second-order valence-electron chi connectivity index (χ2n) is 5.19. The van der Waals surface area contributed by atoms with Gasteiger partial charge in [0.1, 0.15) is 0 Å². The molecule has 1 saturated heterocycles. The Morgan fingerprint density at radius 3 is 2.75 bits per heavy atom. The van der Waals surface area contributed by atoms with Crippen molar-refractivity contribution in [3.63, 3.8) is 0 Å². The molecule has 1 aliphatic heterocycles. The summed E-state index contributed by atoms with van der Waals surface area (Å²) in [6.07, 6.45) is 2.36. The van der Waals surface area contributed by atoms with Gasteiger partial charge >= 0.3 is 6.03 Å². The normalized spacial score (nSPS) is 21.3. The molecule has 1 rings (SSSR count). The summed E-state index contributed by atoms with van der Waals surface area (Å²) in [6, 6.07) is 0.675. The Morgan fingerprint density at radius 2 is 2.19 bits per heavy atom. The van der Waals surface area contributed by atoms with E-state index in [9.17, 15) is 4.79 Å². The molecule has 0 radical (unpaired) electrons. The molecule has 0 aromatic carbocycles. The number of likely N-dealkylation sites (tertiary alicyclic amines) is 1. The minimum atomic E-state index is 0.147. The fraction of sp³-hybridized carbons (Fsp3) is 0.917. The van der Waals surface area contributed by atoms with E-state index >= 15 is 0 Å². The van der Waals surface area contributed by atoms with E-state index in [4.69, 9.17) is 0 Å². The van der Waals surface area contributed by atoms with Gasteiger partial charge in [0.25, 0.3) is 0 Å². The Bertz CT molecular complexity index is 228. The smallest absolute Gasteiger partial charge is 0.319 e. The summed E-state index contributed by atoms with van der Waals surface area (Å²) < 4.78 is 0. The number of rotatable bonds is 3. The largest absolute Gasteiger partial charge is 0.331 e. The predicted octanol–water partition coefficient (Wildman–Crippen LogP) is 1.38. The number of nitrogens with one attached hydrogen (secondary N) is 1. The summed E-state index contributed by atoms with van der Waals surface area (Å²) in [5.74, 6) is 0.611. The van der Waals surface area contributed by atoms with Crippen LogP contribution in [0.2, 0.25) is 0 Å². The lowest BCUT2D eigenvalue weighted by molar-refractivity contribution is 0.141. The van der Waals surface area contributed by atoms with Crippen molar-refractivity contribution in [2.45, 2.75) is 32.7 Å². The van der Waals surface area contributed by atoms with Gasteiger partial charge in [-0.05, 0) is 25.3 Å². The Morgan fingerprint density at radius 1 is 1.50 bits per heavy atom. The van der Waals surface area contributed by atoms with Gasteiger partial charge in [-0.25, -0.2) is 4.79 Å². The molecule has 4 nitrogen and oxygen atoms in total. The molecule has 4 heteroatoms. The molecule has 1 unspecified atom stereocenters. The maximum Gasteiger partial charge on any atom is 0.319 e. The van der Waals surface area contributed by atoms with E-state index in [0.717, 1.165) is 26.1 Å². The van der Waals surface area contributed by atoms with Crippen molar-refractivity contribution in [1.29, 1.82) is 0 Å². The Labute approximate surface area is 99.0 Å². The number of hydrogen-bond acceptors (Lipinski definition) is 2. The second-order valence-corrected chi connectivity index (χ2v) is 5.19. The SMILES string of the molecule is CC(C)NCC1CCCN(C(=O)N(C)C)C1. The van der Waals surface area contributed by atoms with Crippen molar-refractivity contribution in [2.24, 2.45) is 5.92 Å². The topological polar surface area (TPSA) is 35.6 Å². The molecule has 1 heterocycles. The van der Waals surface area contributed by atoms with Gasteiger partial charge in [0, 0.05) is 33.2 Å². The molecule has 0 spiro atoms. The number of hydrogen-bond donors (Lipinski definition) is 1. The van der Waals surface area contributed by atoms with Gasteiger partial charge < -0.3 is 15.1 Å². The fourth-order valence-corrected chi connectivity index (χ4v) is 2.09. The minimum absolute atomic E-state index is 0.147. The third-order valence-corrected chi connectivity index (χ3v) is 2.99.